The van der Waals surface area contributed by atoms with E-state index < -0.39 is 0 Å². The van der Waals surface area contributed by atoms with E-state index in [9.17, 15) is 0 Å². The van der Waals surface area contributed by atoms with Gasteiger partial charge in [0, 0.05) is 25.6 Å². The van der Waals surface area contributed by atoms with Crippen molar-refractivity contribution in [3.63, 3.8) is 0 Å². The van der Waals surface area contributed by atoms with Crippen molar-refractivity contribution in [3.05, 3.63) is 146 Å². The summed E-state index contributed by atoms with van der Waals surface area (Å²) >= 11 is 1.88. The quantitative estimate of drug-likeness (QED) is 0.221. The van der Waals surface area contributed by atoms with E-state index in [0.717, 1.165) is 11.0 Å². The molecule has 0 amide bonds. The fraction of sp³-hybridized carbons (Fsp3) is 0. The summed E-state index contributed by atoms with van der Waals surface area (Å²) in [6.07, 6.45) is 1.77. The summed E-state index contributed by atoms with van der Waals surface area (Å²) in [5.41, 5.74) is 10.8. The Hall–Kier alpha value is -4.92. The second kappa shape index (κ2) is 9.37. The molecule has 0 aliphatic heterocycles. The van der Waals surface area contributed by atoms with Crippen LogP contribution in [0.1, 0.15) is 0 Å². The zero-order valence-corrected chi connectivity index (χ0v) is 22.5. The largest absolute Gasteiger partial charge is 0.464 e. The minimum absolute atomic E-state index is 0.917. The molecule has 0 fully saturated rings. The number of thiophene rings is 1. The van der Waals surface area contributed by atoms with Crippen LogP contribution in [0.2, 0.25) is 0 Å². The van der Waals surface area contributed by atoms with E-state index in [2.05, 4.69) is 133 Å². The lowest BCUT2D eigenvalue weighted by Crippen LogP contribution is -1.83. The smallest absolute Gasteiger partial charge is 0.134 e. The van der Waals surface area contributed by atoms with Gasteiger partial charge >= 0.3 is 0 Å². The van der Waals surface area contributed by atoms with Crippen LogP contribution in [0.3, 0.4) is 0 Å². The molecule has 0 spiro atoms. The first-order valence-corrected chi connectivity index (χ1v) is 14.3. The molecule has 0 aliphatic carbocycles. The molecule has 0 unspecified atom stereocenters. The van der Waals surface area contributed by atoms with Crippen LogP contribution < -0.4 is 0 Å². The number of hydrogen-bond donors (Lipinski definition) is 0. The lowest BCUT2D eigenvalue weighted by atomic mass is 9.96. The van der Waals surface area contributed by atoms with Crippen molar-refractivity contribution in [3.8, 4) is 44.5 Å². The minimum Gasteiger partial charge on any atom is -0.464 e. The summed E-state index contributed by atoms with van der Waals surface area (Å²) in [7, 11) is 0. The summed E-state index contributed by atoms with van der Waals surface area (Å²) < 4.78 is 8.29. The van der Waals surface area contributed by atoms with E-state index in [1.165, 1.54) is 64.7 Å². The Morgan fingerprint density at radius 2 is 1.05 bits per heavy atom. The van der Waals surface area contributed by atoms with Crippen molar-refractivity contribution in [2.45, 2.75) is 0 Å². The number of fused-ring (bicyclic) bond motifs is 4. The highest BCUT2D eigenvalue weighted by Gasteiger charge is 2.13. The zero-order chi connectivity index (χ0) is 26.5. The van der Waals surface area contributed by atoms with Gasteiger partial charge in [0.1, 0.15) is 5.58 Å². The highest BCUT2D eigenvalue weighted by molar-refractivity contribution is 7.26. The Balaban J connectivity index is 1.21. The molecule has 188 valence electrons. The van der Waals surface area contributed by atoms with E-state index >= 15 is 0 Å². The predicted octanol–water partition coefficient (Wildman–Crippen LogP) is 11.5. The molecule has 8 aromatic rings. The Morgan fingerprint density at radius 1 is 0.400 bits per heavy atom. The maximum atomic E-state index is 5.66. The zero-order valence-electron chi connectivity index (χ0n) is 21.7. The van der Waals surface area contributed by atoms with Gasteiger partial charge in [-0.1, -0.05) is 109 Å². The van der Waals surface area contributed by atoms with E-state index in [1.807, 2.05) is 17.4 Å². The summed E-state index contributed by atoms with van der Waals surface area (Å²) in [6, 6.07) is 50.2. The lowest BCUT2D eigenvalue weighted by molar-refractivity contribution is 0.616. The van der Waals surface area contributed by atoms with Crippen molar-refractivity contribution in [1.29, 1.82) is 0 Å². The van der Waals surface area contributed by atoms with Gasteiger partial charge in [-0.2, -0.15) is 0 Å². The van der Waals surface area contributed by atoms with Crippen molar-refractivity contribution in [2.75, 3.05) is 0 Å². The third-order valence-corrected chi connectivity index (χ3v) is 9.02. The van der Waals surface area contributed by atoms with Crippen molar-refractivity contribution in [1.82, 2.24) is 0 Å². The summed E-state index contributed by atoms with van der Waals surface area (Å²) in [6.45, 7) is 0. The Bertz CT molecular complexity index is 2150. The lowest BCUT2D eigenvalue weighted by Gasteiger charge is -2.08. The SMILES string of the molecule is c1ccc(-c2ccc(-c3ccc4sc5c(-c6cccc(-c7cccc8occc78)c6)cccc5c4c3)cc2)cc1. The van der Waals surface area contributed by atoms with Gasteiger partial charge < -0.3 is 4.42 Å². The van der Waals surface area contributed by atoms with Gasteiger partial charge in [0.2, 0.25) is 0 Å². The highest BCUT2D eigenvalue weighted by atomic mass is 32.1. The standard InChI is InChI=1S/C38H24OS/c1-2-7-25(8-3-1)26-15-17-27(18-16-26)28-19-20-37-35(24-28)34-13-5-12-32(38(34)40-37)30-10-4-9-29(23-30)31-11-6-14-36-33(31)21-22-39-36/h1-24H. The van der Waals surface area contributed by atoms with Crippen molar-refractivity contribution < 1.29 is 4.42 Å². The predicted molar refractivity (Wildman–Crippen MR) is 171 cm³/mol. The molecular formula is C38H24OS. The summed E-state index contributed by atoms with van der Waals surface area (Å²) in [5, 5.41) is 3.76. The van der Waals surface area contributed by atoms with Gasteiger partial charge in [-0.05, 0) is 74.8 Å². The molecule has 0 saturated heterocycles. The third kappa shape index (κ3) is 3.85. The number of furan rings is 1. The Labute approximate surface area is 236 Å². The molecule has 40 heavy (non-hydrogen) atoms. The van der Waals surface area contributed by atoms with Crippen molar-refractivity contribution in [2.24, 2.45) is 0 Å². The van der Waals surface area contributed by atoms with E-state index in [1.54, 1.807) is 6.26 Å². The molecule has 2 heteroatoms. The topological polar surface area (TPSA) is 13.1 Å². The molecule has 6 aromatic carbocycles. The average Bonchev–Trinajstić information content (AvgIpc) is 3.66. The molecule has 1 nitrogen and oxygen atoms in total. The molecule has 0 aliphatic rings. The first-order chi connectivity index (χ1) is 19.8. The number of rotatable bonds is 4. The third-order valence-electron chi connectivity index (χ3n) is 7.80. The van der Waals surface area contributed by atoms with Crippen LogP contribution in [0.25, 0.3) is 75.6 Å². The van der Waals surface area contributed by atoms with Crippen LogP contribution in [-0.4, -0.2) is 0 Å². The van der Waals surface area contributed by atoms with Crippen LogP contribution in [0.4, 0.5) is 0 Å². The van der Waals surface area contributed by atoms with Crippen molar-refractivity contribution >= 4 is 42.5 Å². The average molecular weight is 529 g/mol. The molecule has 8 rings (SSSR count). The Kier molecular flexibility index (Phi) is 5.39. The molecule has 2 aromatic heterocycles. The van der Waals surface area contributed by atoms with Gasteiger partial charge in [0.15, 0.2) is 0 Å². The molecule has 2 heterocycles. The van der Waals surface area contributed by atoms with Crippen LogP contribution in [-0.2, 0) is 0 Å². The molecular weight excluding hydrogens is 504 g/mol. The van der Waals surface area contributed by atoms with E-state index in [-0.39, 0.29) is 0 Å². The maximum absolute atomic E-state index is 5.66. The Morgan fingerprint density at radius 3 is 1.90 bits per heavy atom. The summed E-state index contributed by atoms with van der Waals surface area (Å²) in [4.78, 5) is 0. The van der Waals surface area contributed by atoms with Gasteiger partial charge in [0.25, 0.3) is 0 Å². The molecule has 0 bridgehead atoms. The van der Waals surface area contributed by atoms with Crippen LogP contribution >= 0.6 is 11.3 Å². The highest BCUT2D eigenvalue weighted by Crippen LogP contribution is 2.42. The second-order valence-corrected chi connectivity index (χ2v) is 11.2. The normalized spacial score (nSPS) is 11.5. The molecule has 0 radical (unpaired) electrons. The van der Waals surface area contributed by atoms with E-state index in [4.69, 9.17) is 4.42 Å². The monoisotopic (exact) mass is 528 g/mol. The van der Waals surface area contributed by atoms with Crippen LogP contribution in [0.15, 0.2) is 150 Å². The fourth-order valence-corrected chi connectivity index (χ4v) is 7.01. The van der Waals surface area contributed by atoms with Gasteiger partial charge in [-0.25, -0.2) is 0 Å². The van der Waals surface area contributed by atoms with Gasteiger partial charge in [-0.15, -0.1) is 11.3 Å². The van der Waals surface area contributed by atoms with Gasteiger partial charge in [0.05, 0.1) is 6.26 Å². The van der Waals surface area contributed by atoms with Crippen LogP contribution in [0.5, 0.6) is 0 Å². The molecule has 0 atom stereocenters. The number of benzene rings is 6. The maximum Gasteiger partial charge on any atom is 0.134 e. The first kappa shape index (κ1) is 23.0. The van der Waals surface area contributed by atoms with Crippen LogP contribution in [0, 0.1) is 0 Å². The number of hydrogen-bond acceptors (Lipinski definition) is 2. The summed E-state index contributed by atoms with van der Waals surface area (Å²) in [5.74, 6) is 0. The first-order valence-electron chi connectivity index (χ1n) is 13.5. The fourth-order valence-electron chi connectivity index (χ4n) is 5.79. The van der Waals surface area contributed by atoms with E-state index in [0.29, 0.717) is 0 Å². The second-order valence-electron chi connectivity index (χ2n) is 10.2. The minimum atomic E-state index is 0.917. The van der Waals surface area contributed by atoms with Gasteiger partial charge in [-0.3, -0.25) is 0 Å². The molecule has 0 saturated carbocycles. The molecule has 0 N–H and O–H groups in total.